The summed E-state index contributed by atoms with van der Waals surface area (Å²) in [5.41, 5.74) is 9.33. The van der Waals surface area contributed by atoms with Crippen molar-refractivity contribution in [1.82, 2.24) is 20.2 Å². The number of nitroso groups, excluding NO2 is 1. The van der Waals surface area contributed by atoms with E-state index in [9.17, 15) is 14.5 Å². The van der Waals surface area contributed by atoms with Crippen LogP contribution in [0.4, 0.5) is 0 Å². The number of carbonyl (C=O) groups is 2. The molecule has 6 rings (SSSR count). The van der Waals surface area contributed by atoms with Crippen molar-refractivity contribution in [3.05, 3.63) is 129 Å². The molecule has 5 aromatic rings. The van der Waals surface area contributed by atoms with Crippen LogP contribution in [0.2, 0.25) is 0 Å². The molecule has 1 N–H and O–H groups in total. The predicted octanol–water partition coefficient (Wildman–Crippen LogP) is 8.03. The molecule has 1 aliphatic heterocycles. The predicted molar refractivity (Wildman–Crippen MR) is 210 cm³/mol. The van der Waals surface area contributed by atoms with Gasteiger partial charge in [-0.25, -0.2) is 9.97 Å². The molecule has 8 nitrogen and oxygen atoms in total. The zero-order valence-electron chi connectivity index (χ0n) is 29.6. The van der Waals surface area contributed by atoms with E-state index in [0.717, 1.165) is 32.4 Å². The van der Waals surface area contributed by atoms with Gasteiger partial charge >= 0.3 is 0 Å². The second kappa shape index (κ2) is 14.8. The van der Waals surface area contributed by atoms with Crippen LogP contribution in [0.5, 0.6) is 0 Å². The highest BCUT2D eigenvalue weighted by atomic mass is 32.1. The number of benzene rings is 3. The number of amides is 2. The Morgan fingerprint density at radius 1 is 0.922 bits per heavy atom. The Bertz CT molecular complexity index is 2090. The maximum Gasteiger partial charge on any atom is 0.292 e. The van der Waals surface area contributed by atoms with Gasteiger partial charge in [-0.15, -0.1) is 25.5 Å². The molecule has 1 unspecified atom stereocenters. The Labute approximate surface area is 305 Å². The monoisotopic (exact) mass is 715 g/mol. The average Bonchev–Trinajstić information content (AvgIpc) is 3.59. The number of rotatable bonds is 10. The van der Waals surface area contributed by atoms with Crippen molar-refractivity contribution in [2.45, 2.75) is 52.5 Å². The summed E-state index contributed by atoms with van der Waals surface area (Å²) in [5.74, 6) is -0.663. The van der Waals surface area contributed by atoms with E-state index in [4.69, 9.17) is 9.97 Å². The highest BCUT2D eigenvalue weighted by molar-refractivity contribution is 7.28. The summed E-state index contributed by atoms with van der Waals surface area (Å²) in [7, 11) is 2.85. The number of thiophene rings is 1. The first-order valence-electron chi connectivity index (χ1n) is 16.9. The molecular formula is C41H42N5O3PS. The minimum absolute atomic E-state index is 0.0609. The molecule has 0 radical (unpaired) electrons. The Hall–Kier alpha value is -4.85. The topological polar surface area (TPSA) is 105 Å². The Morgan fingerprint density at radius 3 is 2.16 bits per heavy atom. The maximum absolute atomic E-state index is 13.4. The van der Waals surface area contributed by atoms with Crippen LogP contribution in [-0.2, 0) is 16.6 Å². The summed E-state index contributed by atoms with van der Waals surface area (Å²) in [5, 5.41) is 6.83. The quantitative estimate of drug-likeness (QED) is 0.116. The summed E-state index contributed by atoms with van der Waals surface area (Å²) in [6.07, 6.45) is 4.19. The highest BCUT2D eigenvalue weighted by Crippen LogP contribution is 2.31. The molecule has 0 spiro atoms. The number of aryl methyl sites for hydroxylation is 2. The Kier molecular flexibility index (Phi) is 10.4. The van der Waals surface area contributed by atoms with Crippen molar-refractivity contribution in [3.63, 3.8) is 0 Å². The molecule has 1 saturated heterocycles. The van der Waals surface area contributed by atoms with Crippen LogP contribution in [0.15, 0.2) is 103 Å². The fourth-order valence-electron chi connectivity index (χ4n) is 6.30. The van der Waals surface area contributed by atoms with Gasteiger partial charge in [0.15, 0.2) is 5.82 Å². The van der Waals surface area contributed by atoms with E-state index in [1.165, 1.54) is 33.6 Å². The summed E-state index contributed by atoms with van der Waals surface area (Å²) in [4.78, 5) is 49.1. The summed E-state index contributed by atoms with van der Waals surface area (Å²) in [6, 6.07) is 24.4. The van der Waals surface area contributed by atoms with Gasteiger partial charge in [0.05, 0.1) is 16.8 Å². The first kappa shape index (κ1) is 36.0. The van der Waals surface area contributed by atoms with Gasteiger partial charge in [0.25, 0.3) is 11.8 Å². The third-order valence-corrected chi connectivity index (χ3v) is 11.2. The van der Waals surface area contributed by atoms with Crippen LogP contribution in [0.1, 0.15) is 52.0 Å². The smallest absolute Gasteiger partial charge is 0.292 e. The molecule has 1 aliphatic rings. The summed E-state index contributed by atoms with van der Waals surface area (Å²) >= 11 is 1.48. The van der Waals surface area contributed by atoms with E-state index in [2.05, 4.69) is 97.3 Å². The lowest BCUT2D eigenvalue weighted by molar-refractivity contribution is -0.126. The molecule has 10 heteroatoms. The molecule has 0 saturated carbocycles. The van der Waals surface area contributed by atoms with E-state index in [1.54, 1.807) is 0 Å². The van der Waals surface area contributed by atoms with Gasteiger partial charge in [0.1, 0.15) is 0 Å². The fraction of sp³-hybridized carbons (Fsp3) is 0.268. The van der Waals surface area contributed by atoms with Gasteiger partial charge in [0.2, 0.25) is 0 Å². The van der Waals surface area contributed by atoms with E-state index < -0.39 is 17.9 Å². The largest absolute Gasteiger partial charge is 0.372 e. The second-order valence-electron chi connectivity index (χ2n) is 14.3. The van der Waals surface area contributed by atoms with Crippen molar-refractivity contribution in [1.29, 1.82) is 0 Å². The zero-order chi connectivity index (χ0) is 36.4. The molecule has 0 aliphatic carbocycles. The van der Waals surface area contributed by atoms with Gasteiger partial charge in [-0.2, -0.15) is 0 Å². The summed E-state index contributed by atoms with van der Waals surface area (Å²) in [6.45, 7) is 15.6. The van der Waals surface area contributed by atoms with Gasteiger partial charge in [-0.05, 0) is 71.4 Å². The molecule has 3 aromatic carbocycles. The molecule has 0 bridgehead atoms. The third-order valence-electron chi connectivity index (χ3n) is 9.22. The fourth-order valence-corrected chi connectivity index (χ4v) is 7.71. The number of aromatic nitrogens is 2. The van der Waals surface area contributed by atoms with Gasteiger partial charge in [-0.3, -0.25) is 9.59 Å². The van der Waals surface area contributed by atoms with E-state index in [0.29, 0.717) is 35.9 Å². The Balaban J connectivity index is 1.16. The molecular weight excluding hydrogens is 674 g/mol. The normalized spacial score (nSPS) is 13.7. The first-order chi connectivity index (χ1) is 24.3. The van der Waals surface area contributed by atoms with Crippen LogP contribution >= 0.6 is 20.6 Å². The average molecular weight is 716 g/mol. The zero-order valence-corrected chi connectivity index (χ0v) is 31.5. The number of likely N-dealkylation sites (tertiary alicyclic amines) is 1. The second-order valence-corrected chi connectivity index (χ2v) is 16.0. The maximum atomic E-state index is 13.4. The molecule has 2 atom stereocenters. The molecule has 2 amide bonds. The van der Waals surface area contributed by atoms with Crippen molar-refractivity contribution in [3.8, 4) is 33.6 Å². The molecule has 1 fully saturated rings. The van der Waals surface area contributed by atoms with Gasteiger partial charge in [0, 0.05) is 52.4 Å². The number of nitrogens with zero attached hydrogens (tertiary/aromatic N) is 4. The van der Waals surface area contributed by atoms with Crippen LogP contribution in [0, 0.1) is 24.7 Å². The van der Waals surface area contributed by atoms with E-state index >= 15 is 0 Å². The van der Waals surface area contributed by atoms with Crippen LogP contribution in [-0.4, -0.2) is 45.8 Å². The number of hydrogen-bond donors (Lipinski definition) is 1. The van der Waals surface area contributed by atoms with Crippen LogP contribution < -0.4 is 10.6 Å². The number of hydrogen-bond acceptors (Lipinski definition) is 7. The van der Waals surface area contributed by atoms with E-state index in [-0.39, 0.29) is 11.3 Å². The highest BCUT2D eigenvalue weighted by Gasteiger charge is 2.36. The third kappa shape index (κ3) is 8.22. The lowest BCUT2D eigenvalue weighted by atomic mass is 9.94. The number of carbonyl (C=O) groups excluding carboxylic acids is 2. The SMILES string of the molecule is C=C([C@H](Cc1ccc(-c2ncc(-c3ccc(-c4cc(C)cc(C)c4)cc3P)cn2)cc1)NC(=O)c1ccc(C(C)(C)C)s1)N1CC(C(=O)N=O)C1. The molecule has 3 heterocycles. The van der Waals surface area contributed by atoms with Crippen molar-refractivity contribution < 1.29 is 9.59 Å². The van der Waals surface area contributed by atoms with E-state index in [1.807, 2.05) is 53.7 Å². The minimum Gasteiger partial charge on any atom is -0.372 e. The standard InChI is InChI=1S/C41H42N5O3PS/c1-24-15-25(2)17-30(16-24)29-11-12-33(35(50)19-29)31-20-42-38(43-21-31)28-9-7-27(8-10-28)18-34(26(3)46-22-32(23-46)39(47)45-49)44-40(48)36-13-14-37(51-36)41(4,5)6/h7-17,19-21,32,34H,3,18,22-23,50H2,1-2,4-6H3,(H,44,48)/t34-/m0/s1. The molecule has 2 aromatic heterocycles. The van der Waals surface area contributed by atoms with Crippen LogP contribution in [0.25, 0.3) is 33.6 Å². The summed E-state index contributed by atoms with van der Waals surface area (Å²) < 4.78 is 0. The van der Waals surface area contributed by atoms with Gasteiger partial charge < -0.3 is 10.2 Å². The van der Waals surface area contributed by atoms with Crippen molar-refractivity contribution in [2.24, 2.45) is 11.1 Å². The lowest BCUT2D eigenvalue weighted by Gasteiger charge is -2.42. The van der Waals surface area contributed by atoms with Crippen molar-refractivity contribution in [2.75, 3.05) is 13.1 Å². The minimum atomic E-state index is -0.654. The lowest BCUT2D eigenvalue weighted by Crippen LogP contribution is -2.53. The Morgan fingerprint density at radius 2 is 1.57 bits per heavy atom. The first-order valence-corrected chi connectivity index (χ1v) is 18.3. The van der Waals surface area contributed by atoms with Gasteiger partial charge in [-0.1, -0.05) is 93.1 Å². The number of nitrogens with one attached hydrogen (secondary N) is 1. The molecule has 260 valence electrons. The van der Waals surface area contributed by atoms with Crippen molar-refractivity contribution >= 4 is 37.7 Å². The molecule has 51 heavy (non-hydrogen) atoms. The van der Waals surface area contributed by atoms with Crippen LogP contribution in [0.3, 0.4) is 0 Å².